The van der Waals surface area contributed by atoms with Gasteiger partial charge in [0, 0.05) is 0 Å². The fourth-order valence-electron chi connectivity index (χ4n) is 0.976. The molecule has 0 aromatic carbocycles. The predicted octanol–water partition coefficient (Wildman–Crippen LogP) is 1.35. The molecule has 1 saturated heterocycles. The Labute approximate surface area is 55.2 Å². The molecule has 0 bridgehead atoms. The molecule has 0 aromatic heterocycles. The van der Waals surface area contributed by atoms with E-state index in [1.807, 2.05) is 13.8 Å². The highest BCUT2D eigenvalue weighted by Crippen LogP contribution is 2.18. The van der Waals surface area contributed by atoms with Gasteiger partial charge in [-0.3, -0.25) is 4.79 Å². The maximum absolute atomic E-state index is 10.8. The van der Waals surface area contributed by atoms with Crippen molar-refractivity contribution in [3.8, 4) is 0 Å². The Bertz CT molecular complexity index is 120. The minimum atomic E-state index is -0.0336. The second-order valence-corrected chi connectivity index (χ2v) is 2.73. The molecule has 9 heavy (non-hydrogen) atoms. The highest BCUT2D eigenvalue weighted by molar-refractivity contribution is 5.72. The number of ether oxygens (including phenoxy) is 1. The number of hydrogen-bond donors (Lipinski definition) is 0. The lowest BCUT2D eigenvalue weighted by Crippen LogP contribution is -2.27. The molecule has 0 aromatic rings. The number of esters is 1. The van der Waals surface area contributed by atoms with Crippen LogP contribution in [-0.2, 0) is 9.53 Å². The van der Waals surface area contributed by atoms with E-state index >= 15 is 0 Å². The van der Waals surface area contributed by atoms with E-state index in [4.69, 9.17) is 4.74 Å². The van der Waals surface area contributed by atoms with E-state index in [0.29, 0.717) is 0 Å². The van der Waals surface area contributed by atoms with Crippen LogP contribution in [-0.4, -0.2) is 12.1 Å². The topological polar surface area (TPSA) is 26.3 Å². The van der Waals surface area contributed by atoms with Gasteiger partial charge in [0.1, 0.15) is 0 Å². The highest BCUT2D eigenvalue weighted by Gasteiger charge is 2.23. The van der Waals surface area contributed by atoms with E-state index in [9.17, 15) is 4.79 Å². The van der Waals surface area contributed by atoms with Crippen molar-refractivity contribution in [2.75, 3.05) is 0 Å². The summed E-state index contributed by atoms with van der Waals surface area (Å²) in [7, 11) is 0. The summed E-state index contributed by atoms with van der Waals surface area (Å²) < 4.78 is 4.96. The summed E-state index contributed by atoms with van der Waals surface area (Å²) in [4.78, 5) is 10.8. The maximum atomic E-state index is 10.8. The molecule has 1 rings (SSSR count). The third-order valence-corrected chi connectivity index (χ3v) is 1.73. The van der Waals surface area contributed by atoms with E-state index in [2.05, 4.69) is 0 Å². The Hall–Kier alpha value is -0.530. The van der Waals surface area contributed by atoms with Gasteiger partial charge in [0.05, 0.1) is 12.0 Å². The molecule has 2 nitrogen and oxygen atoms in total. The van der Waals surface area contributed by atoms with Crippen molar-refractivity contribution in [3.63, 3.8) is 0 Å². The summed E-state index contributed by atoms with van der Waals surface area (Å²) in [5.74, 6) is 0.0925. The first-order valence-corrected chi connectivity index (χ1v) is 3.40. The van der Waals surface area contributed by atoms with Gasteiger partial charge in [-0.1, -0.05) is 6.92 Å². The van der Waals surface area contributed by atoms with Crippen LogP contribution in [0.25, 0.3) is 0 Å². The standard InChI is InChI=1S/C7H12O2/c1-5-3-4-6(2)9-7(5)8/h5-6H,3-4H2,1-2H3/t5-,6-/m1/s1. The molecule has 2 heteroatoms. The van der Waals surface area contributed by atoms with Gasteiger partial charge in [0.2, 0.25) is 0 Å². The Morgan fingerprint density at radius 3 is 2.56 bits per heavy atom. The van der Waals surface area contributed by atoms with E-state index in [1.54, 1.807) is 0 Å². The zero-order valence-corrected chi connectivity index (χ0v) is 5.89. The highest BCUT2D eigenvalue weighted by atomic mass is 16.5. The fraction of sp³-hybridized carbons (Fsp3) is 0.857. The first-order valence-electron chi connectivity index (χ1n) is 3.40. The average Bonchev–Trinajstić information content (AvgIpc) is 1.80. The molecule has 2 atom stereocenters. The lowest BCUT2D eigenvalue weighted by atomic mass is 10.0. The molecule has 0 unspecified atom stereocenters. The molecule has 1 heterocycles. The largest absolute Gasteiger partial charge is 0.462 e. The lowest BCUT2D eigenvalue weighted by Gasteiger charge is -2.22. The van der Waals surface area contributed by atoms with Crippen molar-refractivity contribution < 1.29 is 9.53 Å². The zero-order chi connectivity index (χ0) is 6.85. The van der Waals surface area contributed by atoms with Gasteiger partial charge in [-0.25, -0.2) is 0 Å². The first kappa shape index (κ1) is 6.59. The average molecular weight is 128 g/mol. The third-order valence-electron chi connectivity index (χ3n) is 1.73. The van der Waals surface area contributed by atoms with Gasteiger partial charge in [0.15, 0.2) is 0 Å². The second kappa shape index (κ2) is 2.38. The van der Waals surface area contributed by atoms with Crippen LogP contribution in [0.15, 0.2) is 0 Å². The number of carbonyl (C=O) groups is 1. The summed E-state index contributed by atoms with van der Waals surface area (Å²) in [5.41, 5.74) is 0. The van der Waals surface area contributed by atoms with Gasteiger partial charge in [-0.2, -0.15) is 0 Å². The molecular formula is C7H12O2. The van der Waals surface area contributed by atoms with Crippen molar-refractivity contribution in [1.29, 1.82) is 0 Å². The van der Waals surface area contributed by atoms with Crippen molar-refractivity contribution >= 4 is 5.97 Å². The van der Waals surface area contributed by atoms with Crippen molar-refractivity contribution in [1.82, 2.24) is 0 Å². The molecule has 0 amide bonds. The van der Waals surface area contributed by atoms with Crippen LogP contribution >= 0.6 is 0 Å². The Morgan fingerprint density at radius 1 is 1.44 bits per heavy atom. The Kier molecular flexibility index (Phi) is 1.74. The lowest BCUT2D eigenvalue weighted by molar-refractivity contribution is -0.158. The van der Waals surface area contributed by atoms with Crippen molar-refractivity contribution in [2.24, 2.45) is 5.92 Å². The monoisotopic (exact) mass is 128 g/mol. The number of rotatable bonds is 0. The third kappa shape index (κ3) is 1.44. The number of hydrogen-bond acceptors (Lipinski definition) is 2. The summed E-state index contributed by atoms with van der Waals surface area (Å²) in [6, 6.07) is 0. The van der Waals surface area contributed by atoms with Gasteiger partial charge < -0.3 is 4.74 Å². The van der Waals surface area contributed by atoms with E-state index in [0.717, 1.165) is 12.8 Å². The molecule has 0 aliphatic carbocycles. The molecule has 0 radical (unpaired) electrons. The van der Waals surface area contributed by atoms with E-state index in [1.165, 1.54) is 0 Å². The van der Waals surface area contributed by atoms with Gasteiger partial charge in [0.25, 0.3) is 0 Å². The molecular weight excluding hydrogens is 116 g/mol. The summed E-state index contributed by atoms with van der Waals surface area (Å²) in [6.45, 7) is 3.85. The van der Waals surface area contributed by atoms with Gasteiger partial charge in [-0.05, 0) is 19.8 Å². The molecule has 52 valence electrons. The molecule has 1 aliphatic rings. The van der Waals surface area contributed by atoms with Crippen LogP contribution in [0.4, 0.5) is 0 Å². The van der Waals surface area contributed by atoms with Gasteiger partial charge >= 0.3 is 5.97 Å². The van der Waals surface area contributed by atoms with Crippen LogP contribution < -0.4 is 0 Å². The molecule has 0 spiro atoms. The summed E-state index contributed by atoms with van der Waals surface area (Å²) in [5, 5.41) is 0. The maximum Gasteiger partial charge on any atom is 0.308 e. The zero-order valence-electron chi connectivity index (χ0n) is 5.89. The number of cyclic esters (lactones) is 1. The number of carbonyl (C=O) groups excluding carboxylic acids is 1. The van der Waals surface area contributed by atoms with Crippen LogP contribution in [0.5, 0.6) is 0 Å². The van der Waals surface area contributed by atoms with Crippen LogP contribution in [0, 0.1) is 5.92 Å². The van der Waals surface area contributed by atoms with E-state index in [-0.39, 0.29) is 18.0 Å². The van der Waals surface area contributed by atoms with Gasteiger partial charge in [-0.15, -0.1) is 0 Å². The molecule has 1 fully saturated rings. The van der Waals surface area contributed by atoms with Crippen LogP contribution in [0.3, 0.4) is 0 Å². The Morgan fingerprint density at radius 2 is 2.11 bits per heavy atom. The molecule has 0 N–H and O–H groups in total. The Balaban J connectivity index is 2.44. The second-order valence-electron chi connectivity index (χ2n) is 2.73. The minimum Gasteiger partial charge on any atom is -0.462 e. The summed E-state index contributed by atoms with van der Waals surface area (Å²) >= 11 is 0. The quantitative estimate of drug-likeness (QED) is 0.460. The van der Waals surface area contributed by atoms with E-state index < -0.39 is 0 Å². The smallest absolute Gasteiger partial charge is 0.308 e. The molecule has 1 aliphatic heterocycles. The molecule has 0 saturated carbocycles. The fourth-order valence-corrected chi connectivity index (χ4v) is 0.976. The first-order chi connectivity index (χ1) is 4.20. The van der Waals surface area contributed by atoms with Crippen molar-refractivity contribution in [3.05, 3.63) is 0 Å². The predicted molar refractivity (Wildman–Crippen MR) is 34.0 cm³/mol. The van der Waals surface area contributed by atoms with Crippen molar-refractivity contribution in [2.45, 2.75) is 32.8 Å². The van der Waals surface area contributed by atoms with Crippen LogP contribution in [0.1, 0.15) is 26.7 Å². The minimum absolute atomic E-state index is 0.0336. The summed E-state index contributed by atoms with van der Waals surface area (Å²) in [6.07, 6.45) is 2.15. The van der Waals surface area contributed by atoms with Crippen LogP contribution in [0.2, 0.25) is 0 Å². The SMILES string of the molecule is C[C@@H]1CC[C@@H](C)C(=O)O1. The normalized spacial score (nSPS) is 36.0.